The van der Waals surface area contributed by atoms with Crippen molar-refractivity contribution in [2.75, 3.05) is 47.5 Å². The van der Waals surface area contributed by atoms with E-state index < -0.39 is 24.3 Å². The van der Waals surface area contributed by atoms with Crippen LogP contribution in [0.25, 0.3) is 0 Å². The number of allylic oxidation sites excluding steroid dienone is 6. The number of carboxylic acids is 1. The van der Waals surface area contributed by atoms with E-state index in [0.717, 1.165) is 44.9 Å². The number of carboxylic acid groups (broad SMARTS) is 1. The zero-order valence-electron chi connectivity index (χ0n) is 60.1. The molecule has 0 saturated heterocycles. The number of aliphatic carboxylic acids is 1. The van der Waals surface area contributed by atoms with E-state index in [-0.39, 0.29) is 32.2 Å². The second-order valence-electron chi connectivity index (χ2n) is 28.0. The van der Waals surface area contributed by atoms with Gasteiger partial charge in [-0.3, -0.25) is 9.59 Å². The first kappa shape index (κ1) is 86.5. The Bertz CT molecular complexity index is 1550. The van der Waals surface area contributed by atoms with Gasteiger partial charge in [0.25, 0.3) is 0 Å². The standard InChI is InChI=1S/C80H151NO8/c1-6-8-10-12-14-16-18-20-22-24-26-28-30-32-34-36-38-39-41-43-45-47-49-51-53-55-57-59-61-63-65-67-69-71-78(83)89-76(75-88-80(79(84)85)86-73-72-81(3,4)5)74-87-77(82)70-68-66-64-62-60-58-56-54-52-50-48-46-44-42-40-37-35-33-31-29-27-25-23-21-19-17-15-13-11-9-7-2/h18,20,24-27,76,80H,6-17,19,21-23,28-75H2,1-5H3/b20-18-,26-24-,27-25-. The van der Waals surface area contributed by atoms with Crippen molar-refractivity contribution in [3.8, 4) is 0 Å². The largest absolute Gasteiger partial charge is 0.545 e. The summed E-state index contributed by atoms with van der Waals surface area (Å²) in [5, 5.41) is 11.9. The van der Waals surface area contributed by atoms with Gasteiger partial charge in [-0.15, -0.1) is 0 Å². The highest BCUT2D eigenvalue weighted by Gasteiger charge is 2.22. The van der Waals surface area contributed by atoms with Crippen LogP contribution in [0, 0.1) is 0 Å². The first-order chi connectivity index (χ1) is 43.6. The SMILES string of the molecule is CCCCCCC/C=C\C/C=C\CCCCCCCCCCCCCCCCCCCCCCCC(=O)OC(COC(=O)CCCCCCCCCCCCCCCCCCCCC/C=C\CCCCCCCCCC)COC(OCC[N+](C)(C)C)C(=O)[O-]. The number of likely N-dealkylation sites (N-methyl/N-ethyl adjacent to an activating group) is 1. The Balaban J connectivity index is 3.99. The van der Waals surface area contributed by atoms with Gasteiger partial charge < -0.3 is 33.3 Å². The van der Waals surface area contributed by atoms with E-state index in [1.807, 2.05) is 21.1 Å². The van der Waals surface area contributed by atoms with E-state index in [1.165, 1.54) is 327 Å². The van der Waals surface area contributed by atoms with Crippen LogP contribution < -0.4 is 5.11 Å². The summed E-state index contributed by atoms with van der Waals surface area (Å²) in [6, 6.07) is 0. The maximum Gasteiger partial charge on any atom is 0.306 e. The molecule has 0 aromatic carbocycles. The van der Waals surface area contributed by atoms with Crippen LogP contribution in [0.4, 0.5) is 0 Å². The van der Waals surface area contributed by atoms with E-state index in [9.17, 15) is 19.5 Å². The number of carbonyl (C=O) groups excluding carboxylic acids is 3. The van der Waals surface area contributed by atoms with Crippen LogP contribution >= 0.6 is 0 Å². The van der Waals surface area contributed by atoms with Gasteiger partial charge in [-0.2, -0.15) is 0 Å². The van der Waals surface area contributed by atoms with Crippen LogP contribution in [0.5, 0.6) is 0 Å². The van der Waals surface area contributed by atoms with E-state index in [4.69, 9.17) is 18.9 Å². The van der Waals surface area contributed by atoms with Crippen molar-refractivity contribution in [3.63, 3.8) is 0 Å². The number of esters is 2. The Morgan fingerprint density at radius 2 is 0.607 bits per heavy atom. The minimum Gasteiger partial charge on any atom is -0.545 e. The molecule has 0 bridgehead atoms. The van der Waals surface area contributed by atoms with E-state index in [1.54, 1.807) is 0 Å². The smallest absolute Gasteiger partial charge is 0.306 e. The van der Waals surface area contributed by atoms with E-state index in [0.29, 0.717) is 17.4 Å². The van der Waals surface area contributed by atoms with Crippen molar-refractivity contribution in [2.45, 2.75) is 411 Å². The molecule has 0 fully saturated rings. The number of hydrogen-bond donors (Lipinski definition) is 0. The van der Waals surface area contributed by atoms with E-state index in [2.05, 4.69) is 50.3 Å². The van der Waals surface area contributed by atoms with Crippen LogP contribution in [-0.2, 0) is 33.3 Å². The Morgan fingerprint density at radius 1 is 0.337 bits per heavy atom. The summed E-state index contributed by atoms with van der Waals surface area (Å²) in [6.07, 6.45) is 88.3. The molecule has 0 radical (unpaired) electrons. The number of carbonyl (C=O) groups is 3. The van der Waals surface area contributed by atoms with Crippen LogP contribution in [-0.4, -0.2) is 82.3 Å². The fourth-order valence-corrected chi connectivity index (χ4v) is 11.9. The minimum atomic E-state index is -1.62. The van der Waals surface area contributed by atoms with Crippen molar-refractivity contribution in [2.24, 2.45) is 0 Å². The number of quaternary nitrogens is 1. The van der Waals surface area contributed by atoms with Crippen LogP contribution in [0.15, 0.2) is 36.5 Å². The first-order valence-electron chi connectivity index (χ1n) is 39.1. The third-order valence-corrected chi connectivity index (χ3v) is 17.9. The second kappa shape index (κ2) is 71.4. The molecule has 0 aromatic rings. The molecule has 2 unspecified atom stereocenters. The highest BCUT2D eigenvalue weighted by Crippen LogP contribution is 2.19. The van der Waals surface area contributed by atoms with Gasteiger partial charge in [-0.1, -0.05) is 352 Å². The molecule has 0 heterocycles. The van der Waals surface area contributed by atoms with Gasteiger partial charge in [-0.25, -0.2) is 0 Å². The lowest BCUT2D eigenvalue weighted by Gasteiger charge is -2.26. The Morgan fingerprint density at radius 3 is 0.899 bits per heavy atom. The Hall–Kier alpha value is -2.49. The topological polar surface area (TPSA) is 111 Å². The average Bonchev–Trinajstić information content (AvgIpc) is 3.64. The van der Waals surface area contributed by atoms with Gasteiger partial charge >= 0.3 is 11.9 Å². The monoisotopic (exact) mass is 1250 g/mol. The van der Waals surface area contributed by atoms with Crippen molar-refractivity contribution in [1.82, 2.24) is 0 Å². The van der Waals surface area contributed by atoms with Crippen LogP contribution in [0.3, 0.4) is 0 Å². The molecule has 0 aliphatic heterocycles. The quantitative estimate of drug-likeness (QED) is 0.0195. The first-order valence-corrected chi connectivity index (χ1v) is 39.1. The fourth-order valence-electron chi connectivity index (χ4n) is 11.9. The third kappa shape index (κ3) is 72.8. The predicted octanol–water partition coefficient (Wildman–Crippen LogP) is 23.4. The lowest BCUT2D eigenvalue weighted by molar-refractivity contribution is -0.870. The summed E-state index contributed by atoms with van der Waals surface area (Å²) in [4.78, 5) is 37.6. The van der Waals surface area contributed by atoms with Gasteiger partial charge in [0.05, 0.1) is 40.3 Å². The third-order valence-electron chi connectivity index (χ3n) is 17.9. The van der Waals surface area contributed by atoms with Crippen LogP contribution in [0.2, 0.25) is 0 Å². The molecule has 0 spiro atoms. The molecule has 0 amide bonds. The number of hydrogen-bond acceptors (Lipinski definition) is 8. The number of nitrogens with zero attached hydrogens (tertiary/aromatic N) is 1. The molecule has 524 valence electrons. The van der Waals surface area contributed by atoms with Gasteiger partial charge in [-0.05, 0) is 70.6 Å². The molecule has 0 aliphatic carbocycles. The fraction of sp³-hybridized carbons (Fsp3) is 0.887. The molecule has 0 aliphatic rings. The second-order valence-corrected chi connectivity index (χ2v) is 28.0. The summed E-state index contributed by atoms with van der Waals surface area (Å²) in [5.74, 6) is -2.25. The summed E-state index contributed by atoms with van der Waals surface area (Å²) < 4.78 is 22.9. The van der Waals surface area contributed by atoms with Crippen molar-refractivity contribution < 1.29 is 42.9 Å². The molecule has 0 aromatic heterocycles. The Labute approximate surface area is 553 Å². The maximum atomic E-state index is 13.0. The molecular weight excluding hydrogens is 1100 g/mol. The highest BCUT2D eigenvalue weighted by atomic mass is 16.7. The molecular formula is C80H151NO8. The highest BCUT2D eigenvalue weighted by molar-refractivity contribution is 5.70. The maximum absolute atomic E-state index is 13.0. The zero-order valence-corrected chi connectivity index (χ0v) is 60.1. The Kier molecular flexibility index (Phi) is 69.4. The molecule has 9 nitrogen and oxygen atoms in total. The summed E-state index contributed by atoms with van der Waals surface area (Å²) >= 11 is 0. The van der Waals surface area contributed by atoms with Crippen LogP contribution in [0.1, 0.15) is 399 Å². The predicted molar refractivity (Wildman–Crippen MR) is 380 cm³/mol. The molecule has 0 saturated carbocycles. The van der Waals surface area contributed by atoms with Crippen molar-refractivity contribution >= 4 is 17.9 Å². The van der Waals surface area contributed by atoms with Crippen molar-refractivity contribution in [3.05, 3.63) is 36.5 Å². The zero-order chi connectivity index (χ0) is 64.7. The minimum absolute atomic E-state index is 0.151. The number of ether oxygens (including phenoxy) is 4. The summed E-state index contributed by atoms with van der Waals surface area (Å²) in [7, 11) is 5.95. The molecule has 2 atom stereocenters. The summed E-state index contributed by atoms with van der Waals surface area (Å²) in [6.45, 7) is 4.82. The average molecular weight is 1260 g/mol. The van der Waals surface area contributed by atoms with Crippen molar-refractivity contribution in [1.29, 1.82) is 0 Å². The van der Waals surface area contributed by atoms with Gasteiger partial charge in [0.2, 0.25) is 0 Å². The molecule has 9 heteroatoms. The molecule has 89 heavy (non-hydrogen) atoms. The lowest BCUT2D eigenvalue weighted by Crippen LogP contribution is -2.44. The number of rotatable bonds is 74. The van der Waals surface area contributed by atoms with Gasteiger partial charge in [0.1, 0.15) is 13.2 Å². The summed E-state index contributed by atoms with van der Waals surface area (Å²) in [5.41, 5.74) is 0. The van der Waals surface area contributed by atoms with Gasteiger partial charge in [0, 0.05) is 12.8 Å². The van der Waals surface area contributed by atoms with Gasteiger partial charge in [0.15, 0.2) is 12.4 Å². The number of unbranched alkanes of at least 4 members (excludes halogenated alkanes) is 53. The molecule has 0 rings (SSSR count). The molecule has 0 N–H and O–H groups in total. The normalized spacial score (nSPS) is 12.8. The van der Waals surface area contributed by atoms with E-state index >= 15 is 0 Å². The lowest BCUT2D eigenvalue weighted by atomic mass is 10.0.